The summed E-state index contributed by atoms with van der Waals surface area (Å²) in [6, 6.07) is 1.63. The lowest BCUT2D eigenvalue weighted by atomic mass is 10.1. The Morgan fingerprint density at radius 2 is 2.06 bits per heavy atom. The quantitative estimate of drug-likeness (QED) is 0.857. The van der Waals surface area contributed by atoms with Gasteiger partial charge in [0.15, 0.2) is 0 Å². The highest BCUT2D eigenvalue weighted by molar-refractivity contribution is 7.98. The van der Waals surface area contributed by atoms with Crippen molar-refractivity contribution in [3.8, 4) is 0 Å². The molecule has 0 aliphatic rings. The lowest BCUT2D eigenvalue weighted by molar-refractivity contribution is 0.0753. The molecule has 0 radical (unpaired) electrons. The van der Waals surface area contributed by atoms with Gasteiger partial charge in [0.1, 0.15) is 11.6 Å². The number of hydrogen-bond acceptors (Lipinski definition) is 3. The van der Waals surface area contributed by atoms with Crippen molar-refractivity contribution in [1.82, 2.24) is 4.90 Å². The van der Waals surface area contributed by atoms with Crippen LogP contribution in [-0.4, -0.2) is 35.9 Å². The van der Waals surface area contributed by atoms with Gasteiger partial charge in [0.2, 0.25) is 0 Å². The van der Waals surface area contributed by atoms with E-state index in [4.69, 9.17) is 5.73 Å². The van der Waals surface area contributed by atoms with Gasteiger partial charge in [-0.1, -0.05) is 0 Å². The van der Waals surface area contributed by atoms with Gasteiger partial charge in [-0.15, -0.1) is 0 Å². The minimum absolute atomic E-state index is 0.0434. The third-order valence-electron chi connectivity index (χ3n) is 2.71. The van der Waals surface area contributed by atoms with Crippen molar-refractivity contribution in [2.45, 2.75) is 13.0 Å². The number of carbonyl (C=O) groups excluding carboxylic acids is 1. The molecule has 1 rings (SSSR count). The number of amides is 1. The molecule has 0 saturated heterocycles. The van der Waals surface area contributed by atoms with E-state index in [-0.39, 0.29) is 17.3 Å². The summed E-state index contributed by atoms with van der Waals surface area (Å²) in [6.45, 7) is 1.86. The summed E-state index contributed by atoms with van der Waals surface area (Å²) in [4.78, 5) is 13.5. The first-order chi connectivity index (χ1) is 8.38. The van der Waals surface area contributed by atoms with Crippen LogP contribution in [0.4, 0.5) is 14.5 Å². The van der Waals surface area contributed by atoms with Crippen LogP contribution < -0.4 is 5.73 Å². The minimum Gasteiger partial charge on any atom is -0.396 e. The molecule has 1 aromatic carbocycles. The van der Waals surface area contributed by atoms with Crippen LogP contribution >= 0.6 is 11.8 Å². The highest BCUT2D eigenvalue weighted by Crippen LogP contribution is 2.19. The molecule has 0 aliphatic heterocycles. The number of halogens is 2. The molecule has 1 amide bonds. The van der Waals surface area contributed by atoms with Crippen molar-refractivity contribution in [3.63, 3.8) is 0 Å². The van der Waals surface area contributed by atoms with Gasteiger partial charge >= 0.3 is 0 Å². The minimum atomic E-state index is -0.894. The van der Waals surface area contributed by atoms with E-state index < -0.39 is 17.5 Å². The summed E-state index contributed by atoms with van der Waals surface area (Å²) in [5.74, 6) is -1.51. The van der Waals surface area contributed by atoms with Gasteiger partial charge in [-0.05, 0) is 19.2 Å². The molecular weight excluding hydrogens is 258 g/mol. The Morgan fingerprint density at radius 3 is 2.61 bits per heavy atom. The van der Waals surface area contributed by atoms with E-state index in [2.05, 4.69) is 0 Å². The Morgan fingerprint density at radius 1 is 1.44 bits per heavy atom. The summed E-state index contributed by atoms with van der Waals surface area (Å²) in [6.07, 6.45) is 1.92. The molecule has 0 fully saturated rings. The van der Waals surface area contributed by atoms with Crippen LogP contribution in [0.5, 0.6) is 0 Å². The van der Waals surface area contributed by atoms with E-state index in [9.17, 15) is 13.6 Å². The summed E-state index contributed by atoms with van der Waals surface area (Å²) in [5.41, 5.74) is 4.91. The van der Waals surface area contributed by atoms with Gasteiger partial charge in [-0.25, -0.2) is 8.78 Å². The lowest BCUT2D eigenvalue weighted by Crippen LogP contribution is -2.37. The number of thioether (sulfide) groups is 1. The van der Waals surface area contributed by atoms with Crippen molar-refractivity contribution in [2.75, 3.05) is 24.8 Å². The Bertz CT molecular complexity index is 454. The first kappa shape index (κ1) is 14.8. The van der Waals surface area contributed by atoms with Crippen molar-refractivity contribution < 1.29 is 13.6 Å². The summed E-state index contributed by atoms with van der Waals surface area (Å²) in [7, 11) is 1.59. The summed E-state index contributed by atoms with van der Waals surface area (Å²) >= 11 is 1.59. The molecular formula is C12H16F2N2OS. The number of nitrogens with two attached hydrogens (primary N) is 1. The first-order valence-corrected chi connectivity index (χ1v) is 6.78. The average molecular weight is 274 g/mol. The molecule has 0 aliphatic carbocycles. The fourth-order valence-electron chi connectivity index (χ4n) is 1.47. The number of benzene rings is 1. The SMILES string of the molecule is CSCC(C)N(C)C(=O)c1cc(N)c(F)cc1F. The smallest absolute Gasteiger partial charge is 0.256 e. The predicted molar refractivity (Wildman–Crippen MR) is 70.7 cm³/mol. The lowest BCUT2D eigenvalue weighted by Gasteiger charge is -2.24. The highest BCUT2D eigenvalue weighted by Gasteiger charge is 2.21. The van der Waals surface area contributed by atoms with Crippen molar-refractivity contribution in [2.24, 2.45) is 0 Å². The zero-order valence-corrected chi connectivity index (χ0v) is 11.4. The third kappa shape index (κ3) is 3.13. The molecule has 0 aromatic heterocycles. The monoisotopic (exact) mass is 274 g/mol. The fourth-order valence-corrected chi connectivity index (χ4v) is 2.18. The number of nitrogens with zero attached hydrogens (tertiary/aromatic N) is 1. The standard InChI is InChI=1S/C12H16F2N2OS/c1-7(6-18-3)16(2)12(17)8-4-11(15)10(14)5-9(8)13/h4-5,7H,6,15H2,1-3H3. The second kappa shape index (κ2) is 6.04. The Balaban J connectivity index is 3.00. The zero-order valence-electron chi connectivity index (χ0n) is 10.5. The van der Waals surface area contributed by atoms with Crippen LogP contribution in [0.15, 0.2) is 12.1 Å². The van der Waals surface area contributed by atoms with E-state index in [1.807, 2.05) is 13.2 Å². The number of anilines is 1. The maximum atomic E-state index is 13.5. The van der Waals surface area contributed by atoms with Crippen molar-refractivity contribution in [3.05, 3.63) is 29.3 Å². The maximum Gasteiger partial charge on any atom is 0.256 e. The Hall–Kier alpha value is -1.30. The van der Waals surface area contributed by atoms with Gasteiger partial charge in [0, 0.05) is 24.9 Å². The number of carbonyl (C=O) groups is 1. The van der Waals surface area contributed by atoms with Crippen LogP contribution in [0.3, 0.4) is 0 Å². The second-order valence-electron chi connectivity index (χ2n) is 4.07. The molecule has 1 aromatic rings. The fraction of sp³-hybridized carbons (Fsp3) is 0.417. The molecule has 100 valence electrons. The number of nitrogen functional groups attached to an aromatic ring is 1. The van der Waals surface area contributed by atoms with Crippen LogP contribution in [-0.2, 0) is 0 Å². The molecule has 6 heteroatoms. The summed E-state index contributed by atoms with van der Waals surface area (Å²) < 4.78 is 26.6. The molecule has 0 bridgehead atoms. The largest absolute Gasteiger partial charge is 0.396 e. The molecule has 2 N–H and O–H groups in total. The molecule has 0 saturated carbocycles. The van der Waals surface area contributed by atoms with Gasteiger partial charge in [-0.3, -0.25) is 4.79 Å². The number of rotatable bonds is 4. The first-order valence-electron chi connectivity index (χ1n) is 5.39. The van der Waals surface area contributed by atoms with Gasteiger partial charge in [-0.2, -0.15) is 11.8 Å². The maximum absolute atomic E-state index is 13.5. The van der Waals surface area contributed by atoms with Crippen LogP contribution in [0.1, 0.15) is 17.3 Å². The Kier molecular flexibility index (Phi) is 4.95. The highest BCUT2D eigenvalue weighted by atomic mass is 32.2. The van der Waals surface area contributed by atoms with Crippen molar-refractivity contribution >= 4 is 23.4 Å². The van der Waals surface area contributed by atoms with Crippen LogP contribution in [0, 0.1) is 11.6 Å². The topological polar surface area (TPSA) is 46.3 Å². The van der Waals surface area contributed by atoms with Crippen molar-refractivity contribution in [1.29, 1.82) is 0 Å². The van der Waals surface area contributed by atoms with E-state index in [0.29, 0.717) is 6.07 Å². The number of hydrogen-bond donors (Lipinski definition) is 1. The van der Waals surface area contributed by atoms with E-state index in [0.717, 1.165) is 11.8 Å². The Labute approximate surface area is 109 Å². The molecule has 3 nitrogen and oxygen atoms in total. The van der Waals surface area contributed by atoms with E-state index in [1.54, 1.807) is 18.8 Å². The molecule has 0 heterocycles. The molecule has 1 atom stereocenters. The predicted octanol–water partition coefficient (Wildman–Crippen LogP) is 2.37. The van der Waals surface area contributed by atoms with Gasteiger partial charge < -0.3 is 10.6 Å². The van der Waals surface area contributed by atoms with E-state index in [1.165, 1.54) is 4.90 Å². The average Bonchev–Trinajstić information content (AvgIpc) is 2.32. The van der Waals surface area contributed by atoms with Gasteiger partial charge in [0.25, 0.3) is 5.91 Å². The zero-order chi connectivity index (χ0) is 13.9. The normalized spacial score (nSPS) is 12.3. The van der Waals surface area contributed by atoms with Gasteiger partial charge in [0.05, 0.1) is 11.3 Å². The van der Waals surface area contributed by atoms with Crippen LogP contribution in [0.2, 0.25) is 0 Å². The molecule has 0 spiro atoms. The third-order valence-corrected chi connectivity index (χ3v) is 3.52. The molecule has 1 unspecified atom stereocenters. The molecule has 18 heavy (non-hydrogen) atoms. The second-order valence-corrected chi connectivity index (χ2v) is 4.98. The van der Waals surface area contributed by atoms with Crippen LogP contribution in [0.25, 0.3) is 0 Å². The summed E-state index contributed by atoms with van der Waals surface area (Å²) in [5, 5.41) is 0. The van der Waals surface area contributed by atoms with E-state index >= 15 is 0 Å².